The second-order valence-electron chi connectivity index (χ2n) is 7.80. The Kier molecular flexibility index (Phi) is 13.0. The molecule has 0 aromatic heterocycles. The number of carbonyl (C=O) groups is 3. The Hall–Kier alpha value is -4.14. The average Bonchev–Trinajstić information content (AvgIpc) is 2.89. The summed E-state index contributed by atoms with van der Waals surface area (Å²) in [6.07, 6.45) is 4.96. The van der Waals surface area contributed by atoms with Crippen LogP contribution in [0.1, 0.15) is 48.9 Å². The van der Waals surface area contributed by atoms with E-state index in [1.165, 1.54) is 0 Å². The number of hydrogen-bond donors (Lipinski definition) is 0. The molecule has 2 aromatic rings. The Balaban J connectivity index is 1.63. The monoisotopic (exact) mass is 514 g/mol. The molecule has 0 heterocycles. The first-order valence-corrected chi connectivity index (χ1v) is 11.9. The van der Waals surface area contributed by atoms with Crippen LogP contribution in [0.5, 0.6) is 17.2 Å². The zero-order chi connectivity index (χ0) is 26.9. The maximum Gasteiger partial charge on any atom is 0.366 e. The number of esters is 3. The van der Waals surface area contributed by atoms with Crippen LogP contribution in [0.25, 0.3) is 0 Å². The second kappa shape index (κ2) is 16.5. The lowest BCUT2D eigenvalue weighted by molar-refractivity contribution is -0.141. The third-order valence-electron chi connectivity index (χ3n) is 4.90. The summed E-state index contributed by atoms with van der Waals surface area (Å²) in [5.41, 5.74) is 0.367. The second-order valence-corrected chi connectivity index (χ2v) is 7.80. The van der Waals surface area contributed by atoms with Crippen molar-refractivity contribution in [3.8, 4) is 17.2 Å². The van der Waals surface area contributed by atoms with Crippen molar-refractivity contribution in [2.75, 3.05) is 19.8 Å². The van der Waals surface area contributed by atoms with Crippen LogP contribution in [-0.2, 0) is 19.1 Å². The smallest absolute Gasteiger partial charge is 0.366 e. The molecule has 0 amide bonds. The lowest BCUT2D eigenvalue weighted by Gasteiger charge is -2.09. The van der Waals surface area contributed by atoms with Gasteiger partial charge >= 0.3 is 17.9 Å². The lowest BCUT2D eigenvalue weighted by Crippen LogP contribution is -2.08. The van der Waals surface area contributed by atoms with Crippen molar-refractivity contribution in [3.63, 3.8) is 0 Å². The molecule has 8 nitrogen and oxygen atoms in total. The van der Waals surface area contributed by atoms with Crippen LogP contribution >= 0.6 is 0 Å². The van der Waals surface area contributed by atoms with Gasteiger partial charge in [0.1, 0.15) is 17.2 Å². The molecule has 0 bridgehead atoms. The lowest BCUT2D eigenvalue weighted by atomic mass is 10.2. The van der Waals surface area contributed by atoms with E-state index in [0.717, 1.165) is 25.5 Å². The van der Waals surface area contributed by atoms with Gasteiger partial charge in [0.2, 0.25) is 5.83 Å². The Morgan fingerprint density at radius 1 is 0.757 bits per heavy atom. The first-order chi connectivity index (χ1) is 17.9. The minimum Gasteiger partial charge on any atom is -0.494 e. The summed E-state index contributed by atoms with van der Waals surface area (Å²) >= 11 is 0. The van der Waals surface area contributed by atoms with Crippen molar-refractivity contribution in [1.29, 1.82) is 0 Å². The predicted octanol–water partition coefficient (Wildman–Crippen LogP) is 5.72. The highest BCUT2D eigenvalue weighted by atomic mass is 19.1. The van der Waals surface area contributed by atoms with Gasteiger partial charge in [-0.25, -0.2) is 9.59 Å². The Morgan fingerprint density at radius 3 is 1.89 bits per heavy atom. The van der Waals surface area contributed by atoms with E-state index in [0.29, 0.717) is 48.9 Å². The first-order valence-electron chi connectivity index (χ1n) is 11.9. The highest BCUT2D eigenvalue weighted by molar-refractivity contribution is 5.91. The number of halogens is 1. The first kappa shape index (κ1) is 29.1. The largest absolute Gasteiger partial charge is 0.494 e. The summed E-state index contributed by atoms with van der Waals surface area (Å²) in [5, 5.41) is 0. The minimum atomic E-state index is -1.09. The van der Waals surface area contributed by atoms with Crippen molar-refractivity contribution in [2.45, 2.75) is 38.5 Å². The standard InChI is InChI=1S/C28H31FO8/c1-3-33-26(30)9-8-20-35-23-12-10-22(11-13-23)28(32)37-25-16-14-24(15-17-25)34-18-6-4-5-7-19-36-27(31)21(2)29/h3,10-17H,1-2,4-9,18-20H2. The molecule has 0 atom stereocenters. The van der Waals surface area contributed by atoms with Crippen LogP contribution in [0.2, 0.25) is 0 Å². The topological polar surface area (TPSA) is 97.4 Å². The maximum absolute atomic E-state index is 12.5. The molecule has 37 heavy (non-hydrogen) atoms. The molecular formula is C28H31FO8. The normalized spacial score (nSPS) is 10.2. The highest BCUT2D eigenvalue weighted by Crippen LogP contribution is 2.20. The number of carbonyl (C=O) groups excluding carboxylic acids is 3. The molecular weight excluding hydrogens is 483 g/mol. The molecule has 2 rings (SSSR count). The van der Waals surface area contributed by atoms with E-state index in [9.17, 15) is 18.8 Å². The quantitative estimate of drug-likeness (QED) is 0.0870. The molecule has 0 saturated heterocycles. The fourth-order valence-electron chi connectivity index (χ4n) is 3.01. The molecule has 9 heteroatoms. The molecule has 0 radical (unpaired) electrons. The fourth-order valence-corrected chi connectivity index (χ4v) is 3.01. The van der Waals surface area contributed by atoms with Crippen LogP contribution in [-0.4, -0.2) is 37.7 Å². The Bertz CT molecular complexity index is 1030. The van der Waals surface area contributed by atoms with E-state index in [1.807, 2.05) is 0 Å². The molecule has 0 spiro atoms. The Labute approximate surface area is 215 Å². The number of ether oxygens (including phenoxy) is 5. The van der Waals surface area contributed by atoms with E-state index < -0.39 is 17.8 Å². The number of unbranched alkanes of at least 4 members (excludes halogenated alkanes) is 3. The van der Waals surface area contributed by atoms with E-state index in [1.54, 1.807) is 48.5 Å². The van der Waals surface area contributed by atoms with E-state index >= 15 is 0 Å². The molecule has 2 aromatic carbocycles. The van der Waals surface area contributed by atoms with Crippen LogP contribution in [0, 0.1) is 0 Å². The molecule has 0 N–H and O–H groups in total. The summed E-state index contributed by atoms with van der Waals surface area (Å²) in [6.45, 7) is 7.21. The summed E-state index contributed by atoms with van der Waals surface area (Å²) in [4.78, 5) is 34.5. The highest BCUT2D eigenvalue weighted by Gasteiger charge is 2.10. The van der Waals surface area contributed by atoms with Crippen LogP contribution in [0.3, 0.4) is 0 Å². The van der Waals surface area contributed by atoms with E-state index in [4.69, 9.17) is 14.2 Å². The predicted molar refractivity (Wildman–Crippen MR) is 134 cm³/mol. The van der Waals surface area contributed by atoms with Gasteiger partial charge < -0.3 is 23.7 Å². The van der Waals surface area contributed by atoms with Crippen molar-refractivity contribution in [1.82, 2.24) is 0 Å². The summed E-state index contributed by atoms with van der Waals surface area (Å²) in [5.74, 6) is -1.37. The molecule has 0 fully saturated rings. The summed E-state index contributed by atoms with van der Waals surface area (Å²) < 4.78 is 38.4. The molecule has 0 aliphatic heterocycles. The van der Waals surface area contributed by atoms with E-state index in [-0.39, 0.29) is 19.0 Å². The zero-order valence-corrected chi connectivity index (χ0v) is 20.6. The van der Waals surface area contributed by atoms with Crippen LogP contribution < -0.4 is 14.2 Å². The molecule has 0 aliphatic rings. The maximum atomic E-state index is 12.5. The van der Waals surface area contributed by atoms with Crippen LogP contribution in [0.15, 0.2) is 73.8 Å². The zero-order valence-electron chi connectivity index (χ0n) is 20.6. The van der Waals surface area contributed by atoms with Gasteiger partial charge in [0.05, 0.1) is 31.6 Å². The number of hydrogen-bond acceptors (Lipinski definition) is 8. The fraction of sp³-hybridized carbons (Fsp3) is 0.321. The third-order valence-corrected chi connectivity index (χ3v) is 4.90. The van der Waals surface area contributed by atoms with E-state index in [2.05, 4.69) is 22.6 Å². The van der Waals surface area contributed by atoms with Gasteiger partial charge in [-0.15, -0.1) is 0 Å². The third kappa shape index (κ3) is 11.9. The van der Waals surface area contributed by atoms with Crippen molar-refractivity contribution < 1.29 is 42.5 Å². The van der Waals surface area contributed by atoms with Crippen molar-refractivity contribution in [3.05, 3.63) is 79.3 Å². The van der Waals surface area contributed by atoms with Crippen LogP contribution in [0.4, 0.5) is 4.39 Å². The molecule has 0 unspecified atom stereocenters. The molecule has 0 saturated carbocycles. The number of benzene rings is 2. The minimum absolute atomic E-state index is 0.163. The van der Waals surface area contributed by atoms with Crippen molar-refractivity contribution >= 4 is 17.9 Å². The summed E-state index contributed by atoms with van der Waals surface area (Å²) in [6, 6.07) is 13.2. The molecule has 0 aliphatic carbocycles. The van der Waals surface area contributed by atoms with Gasteiger partial charge in [-0.3, -0.25) is 4.79 Å². The van der Waals surface area contributed by atoms with Gasteiger partial charge in [-0.1, -0.05) is 13.2 Å². The van der Waals surface area contributed by atoms with Crippen molar-refractivity contribution in [2.24, 2.45) is 0 Å². The van der Waals surface area contributed by atoms with Gasteiger partial charge in [-0.05, 0) is 80.6 Å². The van der Waals surface area contributed by atoms with Gasteiger partial charge in [-0.2, -0.15) is 4.39 Å². The number of rotatable bonds is 17. The molecule has 198 valence electrons. The van der Waals surface area contributed by atoms with Gasteiger partial charge in [0.25, 0.3) is 0 Å². The average molecular weight is 515 g/mol. The Morgan fingerprint density at radius 2 is 1.30 bits per heavy atom. The summed E-state index contributed by atoms with van der Waals surface area (Å²) in [7, 11) is 0. The SMILES string of the molecule is C=COC(=O)CCCOc1ccc(C(=O)Oc2ccc(OCCCCCCOC(=O)C(=C)F)cc2)cc1. The van der Waals surface area contributed by atoms with Gasteiger partial charge in [0, 0.05) is 6.42 Å². The van der Waals surface area contributed by atoms with Gasteiger partial charge in [0.15, 0.2) is 0 Å².